The van der Waals surface area contributed by atoms with Crippen LogP contribution in [0.25, 0.3) is 0 Å². The van der Waals surface area contributed by atoms with Crippen molar-refractivity contribution in [1.29, 1.82) is 0 Å². The lowest BCUT2D eigenvalue weighted by atomic mass is 10.2. The normalized spacial score (nSPS) is 11.6. The Hall–Kier alpha value is -3.27. The van der Waals surface area contributed by atoms with Crippen LogP contribution in [0, 0.1) is 5.82 Å². The molecule has 1 amide bonds. The van der Waals surface area contributed by atoms with Gasteiger partial charge in [-0.15, -0.1) is 0 Å². The fourth-order valence-corrected chi connectivity index (χ4v) is 4.53. The van der Waals surface area contributed by atoms with Crippen molar-refractivity contribution in [2.24, 2.45) is 5.10 Å². The van der Waals surface area contributed by atoms with Crippen molar-refractivity contribution < 1.29 is 22.3 Å². The lowest BCUT2D eigenvalue weighted by Gasteiger charge is -2.21. The monoisotopic (exact) mass is 503 g/mol. The predicted molar refractivity (Wildman–Crippen MR) is 129 cm³/mol. The van der Waals surface area contributed by atoms with Crippen LogP contribution < -0.4 is 10.2 Å². The Bertz CT molecular complexity index is 1250. The van der Waals surface area contributed by atoms with Crippen molar-refractivity contribution in [1.82, 2.24) is 9.73 Å². The van der Waals surface area contributed by atoms with E-state index in [1.807, 2.05) is 13.0 Å². The summed E-state index contributed by atoms with van der Waals surface area (Å²) in [6, 6.07) is 18.1. The van der Waals surface area contributed by atoms with Gasteiger partial charge in [0.2, 0.25) is 10.0 Å². The van der Waals surface area contributed by atoms with Gasteiger partial charge in [0, 0.05) is 17.1 Å². The van der Waals surface area contributed by atoms with Gasteiger partial charge in [-0.05, 0) is 61.0 Å². The summed E-state index contributed by atoms with van der Waals surface area (Å²) in [5.74, 6) is -0.494. The molecule has 0 aromatic heterocycles. The molecule has 0 fully saturated rings. The summed E-state index contributed by atoms with van der Waals surface area (Å²) >= 11 is 5.88. The average Bonchev–Trinajstić information content (AvgIpc) is 2.81. The van der Waals surface area contributed by atoms with Gasteiger partial charge in [-0.25, -0.2) is 18.2 Å². The molecule has 0 aliphatic heterocycles. The number of nitrogens with one attached hydrogen (secondary N) is 1. The molecule has 7 nitrogen and oxygen atoms in total. The Morgan fingerprint density at radius 3 is 2.44 bits per heavy atom. The van der Waals surface area contributed by atoms with Crippen LogP contribution in [-0.4, -0.2) is 38.0 Å². The highest BCUT2D eigenvalue weighted by Crippen LogP contribution is 2.21. The topological polar surface area (TPSA) is 88.1 Å². The fourth-order valence-electron chi connectivity index (χ4n) is 3.02. The number of hydrazone groups is 1. The number of benzene rings is 3. The number of sulfonamides is 1. The molecule has 3 aromatic carbocycles. The third-order valence-corrected chi connectivity index (χ3v) is 6.71. The summed E-state index contributed by atoms with van der Waals surface area (Å²) in [5.41, 5.74) is 3.52. The lowest BCUT2D eigenvalue weighted by molar-refractivity contribution is -0.121. The van der Waals surface area contributed by atoms with Gasteiger partial charge in [0.05, 0.1) is 24.3 Å². The second-order valence-corrected chi connectivity index (χ2v) is 9.49. The number of rotatable bonds is 10. The fraction of sp³-hybridized carbons (Fsp3) is 0.167. The van der Waals surface area contributed by atoms with Crippen LogP contribution in [0.2, 0.25) is 5.02 Å². The van der Waals surface area contributed by atoms with E-state index in [1.165, 1.54) is 54.7 Å². The molecular weight excluding hydrogens is 481 g/mol. The maximum atomic E-state index is 13.3. The maximum Gasteiger partial charge on any atom is 0.255 e. The molecule has 0 atom stereocenters. The zero-order chi connectivity index (χ0) is 24.6. The summed E-state index contributed by atoms with van der Waals surface area (Å²) in [4.78, 5) is 12.6. The van der Waals surface area contributed by atoms with Crippen LogP contribution in [0.5, 0.6) is 5.75 Å². The van der Waals surface area contributed by atoms with E-state index in [1.54, 1.807) is 18.2 Å². The van der Waals surface area contributed by atoms with Gasteiger partial charge in [0.25, 0.3) is 5.91 Å². The van der Waals surface area contributed by atoms with Crippen molar-refractivity contribution >= 4 is 33.7 Å². The van der Waals surface area contributed by atoms with Gasteiger partial charge in [0.1, 0.15) is 11.6 Å². The maximum absolute atomic E-state index is 13.3. The minimum Gasteiger partial charge on any atom is -0.493 e. The van der Waals surface area contributed by atoms with Gasteiger partial charge >= 0.3 is 0 Å². The highest BCUT2D eigenvalue weighted by molar-refractivity contribution is 7.89. The van der Waals surface area contributed by atoms with Crippen LogP contribution in [-0.2, 0) is 21.4 Å². The second-order valence-electron chi connectivity index (χ2n) is 7.12. The third-order valence-electron chi connectivity index (χ3n) is 4.66. The van der Waals surface area contributed by atoms with E-state index in [0.29, 0.717) is 28.5 Å². The Balaban J connectivity index is 1.78. The molecule has 3 rings (SSSR count). The molecule has 0 aliphatic rings. The first-order valence-electron chi connectivity index (χ1n) is 10.3. The van der Waals surface area contributed by atoms with Gasteiger partial charge in [-0.1, -0.05) is 35.9 Å². The van der Waals surface area contributed by atoms with Crippen LogP contribution in [0.1, 0.15) is 18.1 Å². The molecule has 0 spiro atoms. The number of hydrogen-bond acceptors (Lipinski definition) is 5. The molecule has 178 valence electrons. The number of para-hydroxylation sites is 1. The van der Waals surface area contributed by atoms with Crippen LogP contribution >= 0.6 is 11.6 Å². The molecule has 34 heavy (non-hydrogen) atoms. The molecule has 10 heteroatoms. The average molecular weight is 504 g/mol. The quantitative estimate of drug-likeness (QED) is 0.331. The molecule has 0 radical (unpaired) electrons. The van der Waals surface area contributed by atoms with E-state index >= 15 is 0 Å². The minimum atomic E-state index is -4.06. The second kappa shape index (κ2) is 11.7. The molecule has 1 N–H and O–H groups in total. The predicted octanol–water partition coefficient (Wildman–Crippen LogP) is 4.22. The van der Waals surface area contributed by atoms with E-state index in [2.05, 4.69) is 10.5 Å². The number of nitrogens with zero attached hydrogens (tertiary/aromatic N) is 2. The molecule has 0 saturated heterocycles. The van der Waals surface area contributed by atoms with Crippen molar-refractivity contribution in [2.45, 2.75) is 18.4 Å². The highest BCUT2D eigenvalue weighted by atomic mass is 35.5. The molecule has 0 unspecified atom stereocenters. The lowest BCUT2D eigenvalue weighted by Crippen LogP contribution is -2.39. The number of ether oxygens (including phenoxy) is 1. The van der Waals surface area contributed by atoms with E-state index in [9.17, 15) is 17.6 Å². The summed E-state index contributed by atoms with van der Waals surface area (Å²) in [5, 5.41) is 4.31. The smallest absolute Gasteiger partial charge is 0.255 e. The Morgan fingerprint density at radius 1 is 1.09 bits per heavy atom. The van der Waals surface area contributed by atoms with E-state index in [4.69, 9.17) is 16.3 Å². The molecule has 0 saturated carbocycles. The molecule has 0 bridgehead atoms. The first-order chi connectivity index (χ1) is 16.3. The number of hydrogen-bond donors (Lipinski definition) is 1. The van der Waals surface area contributed by atoms with Crippen LogP contribution in [0.3, 0.4) is 0 Å². The van der Waals surface area contributed by atoms with Gasteiger partial charge in [-0.3, -0.25) is 4.79 Å². The summed E-state index contributed by atoms with van der Waals surface area (Å²) in [7, 11) is -4.06. The van der Waals surface area contributed by atoms with Gasteiger partial charge in [-0.2, -0.15) is 9.41 Å². The minimum absolute atomic E-state index is 0.0269. The van der Waals surface area contributed by atoms with E-state index < -0.39 is 28.3 Å². The van der Waals surface area contributed by atoms with Crippen molar-refractivity contribution in [3.8, 4) is 5.75 Å². The standard InChI is InChI=1S/C24H23ClFN3O4S/c1-2-33-23-6-4-3-5-19(23)15-27-28-24(30)17-29(16-18-7-11-21(26)12-8-18)34(31,32)22-13-9-20(25)10-14-22/h3-15H,2,16-17H2,1H3,(H,28,30). The first kappa shape index (κ1) is 25.4. The number of carbonyl (C=O) groups is 1. The SMILES string of the molecule is CCOc1ccccc1C=NNC(=O)CN(Cc1ccc(F)cc1)S(=O)(=O)c1ccc(Cl)cc1. The number of carbonyl (C=O) groups excluding carboxylic acids is 1. The Labute approximate surface area is 202 Å². The summed E-state index contributed by atoms with van der Waals surface area (Å²) in [6.07, 6.45) is 1.42. The molecule has 0 heterocycles. The van der Waals surface area contributed by atoms with Crippen LogP contribution in [0.15, 0.2) is 82.8 Å². The van der Waals surface area contributed by atoms with Crippen molar-refractivity contribution in [3.63, 3.8) is 0 Å². The van der Waals surface area contributed by atoms with Crippen molar-refractivity contribution in [2.75, 3.05) is 13.2 Å². The van der Waals surface area contributed by atoms with E-state index in [-0.39, 0.29) is 11.4 Å². The highest BCUT2D eigenvalue weighted by Gasteiger charge is 2.27. The largest absolute Gasteiger partial charge is 0.493 e. The molecular formula is C24H23ClFN3O4S. The molecule has 0 aliphatic carbocycles. The Morgan fingerprint density at radius 2 is 1.76 bits per heavy atom. The summed E-state index contributed by atoms with van der Waals surface area (Å²) < 4.78 is 46.3. The molecule has 3 aromatic rings. The third kappa shape index (κ3) is 6.86. The first-order valence-corrected chi connectivity index (χ1v) is 12.2. The number of amides is 1. The van der Waals surface area contributed by atoms with Gasteiger partial charge < -0.3 is 4.74 Å². The number of halogens is 2. The zero-order valence-corrected chi connectivity index (χ0v) is 19.9. The zero-order valence-electron chi connectivity index (χ0n) is 18.3. The van der Waals surface area contributed by atoms with Gasteiger partial charge in [0.15, 0.2) is 0 Å². The van der Waals surface area contributed by atoms with Crippen LogP contribution in [0.4, 0.5) is 4.39 Å². The van der Waals surface area contributed by atoms with E-state index in [0.717, 1.165) is 4.31 Å². The Kier molecular flexibility index (Phi) is 8.75. The summed E-state index contributed by atoms with van der Waals surface area (Å²) in [6.45, 7) is 1.67. The van der Waals surface area contributed by atoms with Crippen molar-refractivity contribution in [3.05, 3.63) is 94.8 Å².